The highest BCUT2D eigenvalue weighted by molar-refractivity contribution is 6.76. The van der Waals surface area contributed by atoms with Gasteiger partial charge in [0, 0.05) is 11.5 Å². The van der Waals surface area contributed by atoms with Crippen LogP contribution in [0.15, 0.2) is 11.8 Å². The molecule has 0 aromatic carbocycles. The Morgan fingerprint density at radius 2 is 1.89 bits per heavy atom. The van der Waals surface area contributed by atoms with Crippen molar-refractivity contribution < 1.29 is 4.74 Å². The molecule has 1 aliphatic heterocycles. The summed E-state index contributed by atoms with van der Waals surface area (Å²) in [4.78, 5) is 3.68. The van der Waals surface area contributed by atoms with Gasteiger partial charge in [0.1, 0.15) is 14.3 Å². The molecule has 1 heterocycles. The molecule has 5 atom stereocenters. The molecule has 102 valence electrons. The molecule has 0 bridgehead atoms. The summed E-state index contributed by atoms with van der Waals surface area (Å²) >= 11 is 0. The third-order valence-corrected chi connectivity index (χ3v) is 9.50. The van der Waals surface area contributed by atoms with E-state index in [0.717, 1.165) is 23.3 Å². The van der Waals surface area contributed by atoms with Crippen LogP contribution >= 0.6 is 0 Å². The first-order valence-electron chi connectivity index (χ1n) is 7.58. The molecule has 0 radical (unpaired) electrons. The van der Waals surface area contributed by atoms with E-state index in [1.807, 2.05) is 0 Å². The second-order valence-corrected chi connectivity index (χ2v) is 11.7. The van der Waals surface area contributed by atoms with Crippen LogP contribution in [0.25, 0.3) is 0 Å². The molecular formula is C15H27NOSi. The van der Waals surface area contributed by atoms with Crippen molar-refractivity contribution in [3.8, 4) is 0 Å². The Labute approximate surface area is 112 Å². The van der Waals surface area contributed by atoms with E-state index >= 15 is 0 Å². The van der Waals surface area contributed by atoms with Gasteiger partial charge >= 0.3 is 0 Å². The van der Waals surface area contributed by atoms with Crippen molar-refractivity contribution >= 4 is 8.24 Å². The van der Waals surface area contributed by atoms with Crippen LogP contribution in [-0.2, 0) is 4.74 Å². The average molecular weight is 265 g/mol. The van der Waals surface area contributed by atoms with Gasteiger partial charge < -0.3 is 9.72 Å². The van der Waals surface area contributed by atoms with Gasteiger partial charge in [0.05, 0.1) is 5.76 Å². The van der Waals surface area contributed by atoms with Crippen molar-refractivity contribution in [1.82, 2.24) is 4.98 Å². The van der Waals surface area contributed by atoms with Gasteiger partial charge in [-0.1, -0.05) is 25.9 Å². The summed E-state index contributed by atoms with van der Waals surface area (Å²) in [6, 6.07) is 0. The topological polar surface area (TPSA) is 21.3 Å². The van der Waals surface area contributed by atoms with Gasteiger partial charge in [0.2, 0.25) is 0 Å². The van der Waals surface area contributed by atoms with Crippen LogP contribution in [-0.4, -0.2) is 21.4 Å². The number of hydrogen-bond acceptors (Lipinski definition) is 2. The molecule has 0 amide bonds. The lowest BCUT2D eigenvalue weighted by molar-refractivity contribution is 0.121. The van der Waals surface area contributed by atoms with Gasteiger partial charge in [-0.2, -0.15) is 0 Å². The van der Waals surface area contributed by atoms with Gasteiger partial charge in [0.25, 0.3) is 0 Å². The van der Waals surface area contributed by atoms with E-state index in [1.54, 1.807) is 0 Å². The van der Waals surface area contributed by atoms with Gasteiger partial charge in [0.15, 0.2) is 0 Å². The van der Waals surface area contributed by atoms with Gasteiger partial charge in [-0.3, -0.25) is 0 Å². The molecule has 2 fully saturated rings. The predicted octanol–water partition coefficient (Wildman–Crippen LogP) is 3.52. The summed E-state index contributed by atoms with van der Waals surface area (Å²) in [5.41, 5.74) is 0.798. The monoisotopic (exact) mass is 265 g/mol. The zero-order valence-electron chi connectivity index (χ0n) is 12.2. The fourth-order valence-electron chi connectivity index (χ4n) is 4.85. The number of fused-ring (bicyclic) bond motifs is 3. The van der Waals surface area contributed by atoms with Crippen molar-refractivity contribution in [3.05, 3.63) is 11.8 Å². The Bertz CT molecular complexity index is 366. The van der Waals surface area contributed by atoms with Crippen molar-refractivity contribution in [1.29, 1.82) is 0 Å². The second-order valence-electron chi connectivity index (χ2n) is 7.05. The molecule has 2 aliphatic carbocycles. The fourth-order valence-corrected chi connectivity index (χ4v) is 7.78. The summed E-state index contributed by atoms with van der Waals surface area (Å²) < 4.78 is 6.23. The van der Waals surface area contributed by atoms with Gasteiger partial charge in [-0.05, 0) is 44.7 Å². The standard InChI is InChI=1S/C15H27NOSi/c1-10-9-13-11-7-5-6-8-12(11)15(14(13)17-10)18(3,4)16-2/h9,11-16H,5-8H2,1-4H3. The molecule has 3 aliphatic rings. The van der Waals surface area contributed by atoms with Crippen LogP contribution in [0.2, 0.25) is 18.6 Å². The molecule has 0 aromatic rings. The molecule has 5 unspecified atom stereocenters. The highest BCUT2D eigenvalue weighted by Crippen LogP contribution is 2.59. The van der Waals surface area contributed by atoms with Crippen LogP contribution in [0.1, 0.15) is 32.6 Å². The smallest absolute Gasteiger partial charge is 0.126 e. The minimum atomic E-state index is -1.38. The maximum atomic E-state index is 6.23. The Morgan fingerprint density at radius 3 is 2.56 bits per heavy atom. The van der Waals surface area contributed by atoms with E-state index < -0.39 is 8.24 Å². The Hall–Kier alpha value is -0.283. The Balaban J connectivity index is 1.93. The highest BCUT2D eigenvalue weighted by atomic mass is 28.3. The summed E-state index contributed by atoms with van der Waals surface area (Å²) in [5, 5.41) is 0. The minimum Gasteiger partial charge on any atom is -0.495 e. The van der Waals surface area contributed by atoms with E-state index in [2.05, 4.69) is 38.1 Å². The summed E-state index contributed by atoms with van der Waals surface area (Å²) in [5.74, 6) is 3.74. The van der Waals surface area contributed by atoms with E-state index in [1.165, 1.54) is 31.4 Å². The van der Waals surface area contributed by atoms with Gasteiger partial charge in [-0.25, -0.2) is 0 Å². The number of hydrogen-bond donors (Lipinski definition) is 1. The molecule has 0 saturated heterocycles. The van der Waals surface area contributed by atoms with E-state index in [4.69, 9.17) is 4.74 Å². The number of ether oxygens (including phenoxy) is 1. The molecule has 1 N–H and O–H groups in total. The first-order valence-corrected chi connectivity index (χ1v) is 10.7. The van der Waals surface area contributed by atoms with Crippen molar-refractivity contribution in [2.75, 3.05) is 7.05 Å². The number of rotatable bonds is 2. The van der Waals surface area contributed by atoms with Gasteiger partial charge in [-0.15, -0.1) is 0 Å². The van der Waals surface area contributed by atoms with E-state index in [0.29, 0.717) is 6.10 Å². The highest BCUT2D eigenvalue weighted by Gasteiger charge is 2.58. The summed E-state index contributed by atoms with van der Waals surface area (Å²) in [6.07, 6.45) is 8.68. The second kappa shape index (κ2) is 4.38. The predicted molar refractivity (Wildman–Crippen MR) is 77.9 cm³/mol. The van der Waals surface area contributed by atoms with Crippen molar-refractivity contribution in [2.24, 2.45) is 17.8 Å². The summed E-state index contributed by atoms with van der Waals surface area (Å²) in [7, 11) is 0.783. The summed E-state index contributed by atoms with van der Waals surface area (Å²) in [6.45, 7) is 7.12. The first-order chi connectivity index (χ1) is 8.54. The quantitative estimate of drug-likeness (QED) is 0.771. The number of allylic oxidation sites excluding steroid dienone is 1. The lowest BCUT2D eigenvalue weighted by Gasteiger charge is -2.39. The largest absolute Gasteiger partial charge is 0.495 e. The zero-order valence-corrected chi connectivity index (χ0v) is 13.2. The molecule has 0 aromatic heterocycles. The third kappa shape index (κ3) is 1.78. The first kappa shape index (κ1) is 12.7. The molecule has 18 heavy (non-hydrogen) atoms. The van der Waals surface area contributed by atoms with Crippen LogP contribution in [0.5, 0.6) is 0 Å². The van der Waals surface area contributed by atoms with E-state index in [9.17, 15) is 0 Å². The molecule has 0 spiro atoms. The Kier molecular flexibility index (Phi) is 3.10. The molecular weight excluding hydrogens is 238 g/mol. The molecule has 2 nitrogen and oxygen atoms in total. The van der Waals surface area contributed by atoms with Crippen molar-refractivity contribution in [2.45, 2.75) is 57.3 Å². The van der Waals surface area contributed by atoms with Crippen LogP contribution < -0.4 is 4.98 Å². The van der Waals surface area contributed by atoms with E-state index in [-0.39, 0.29) is 0 Å². The SMILES string of the molecule is CN[Si](C)(C)C1C2CCCCC2C2C=C(C)OC21. The lowest BCUT2D eigenvalue weighted by atomic mass is 9.78. The maximum Gasteiger partial charge on any atom is 0.126 e. The van der Waals surface area contributed by atoms with Crippen LogP contribution in [0.3, 0.4) is 0 Å². The molecule has 2 saturated carbocycles. The average Bonchev–Trinajstić information content (AvgIpc) is 2.84. The number of nitrogens with one attached hydrogen (secondary N) is 1. The lowest BCUT2D eigenvalue weighted by Crippen LogP contribution is -2.51. The van der Waals surface area contributed by atoms with Crippen molar-refractivity contribution in [3.63, 3.8) is 0 Å². The maximum absolute atomic E-state index is 6.23. The van der Waals surface area contributed by atoms with Crippen LogP contribution in [0.4, 0.5) is 0 Å². The third-order valence-electron chi connectivity index (χ3n) is 5.79. The fraction of sp³-hybridized carbons (Fsp3) is 0.867. The Morgan fingerprint density at radius 1 is 1.22 bits per heavy atom. The normalized spacial score (nSPS) is 43.1. The molecule has 3 rings (SSSR count). The molecule has 3 heteroatoms. The minimum absolute atomic E-state index is 0.493. The zero-order chi connectivity index (χ0) is 12.9. The van der Waals surface area contributed by atoms with Crippen LogP contribution in [0, 0.1) is 17.8 Å².